The van der Waals surface area contributed by atoms with E-state index in [9.17, 15) is 9.59 Å². The number of carbonyl (C=O) groups excluding carboxylic acids is 1. The van der Waals surface area contributed by atoms with Crippen LogP contribution in [0.2, 0.25) is 0 Å². The normalized spacial score (nSPS) is 11.2. The van der Waals surface area contributed by atoms with E-state index in [4.69, 9.17) is 4.42 Å². The summed E-state index contributed by atoms with van der Waals surface area (Å²) in [5.74, 6) is 1.52. The molecule has 0 saturated carbocycles. The molecule has 0 fully saturated rings. The topological polar surface area (TPSA) is 55.5 Å². The number of para-hydroxylation sites is 2. The predicted molar refractivity (Wildman–Crippen MR) is 106 cm³/mol. The van der Waals surface area contributed by atoms with Gasteiger partial charge in [0.15, 0.2) is 5.43 Å². The molecule has 0 N–H and O–H groups in total. The maximum absolute atomic E-state index is 12.9. The number of likely N-dealkylation sites (N-methyl/N-ethyl adjacent to an activating group) is 1. The first-order valence-corrected chi connectivity index (χ1v) is 8.84. The molecule has 0 spiro atoms. The van der Waals surface area contributed by atoms with Crippen molar-refractivity contribution in [3.63, 3.8) is 0 Å². The van der Waals surface area contributed by atoms with Crippen molar-refractivity contribution in [2.75, 3.05) is 7.05 Å². The van der Waals surface area contributed by atoms with Gasteiger partial charge in [-0.05, 0) is 43.3 Å². The van der Waals surface area contributed by atoms with Gasteiger partial charge in [0.1, 0.15) is 18.1 Å². The van der Waals surface area contributed by atoms with Gasteiger partial charge in [-0.15, -0.1) is 0 Å². The van der Waals surface area contributed by atoms with Gasteiger partial charge in [-0.1, -0.05) is 24.3 Å². The number of hydrogen-bond donors (Lipinski definition) is 0. The van der Waals surface area contributed by atoms with Gasteiger partial charge in [-0.3, -0.25) is 9.59 Å². The molecule has 0 atom stereocenters. The second-order valence-electron chi connectivity index (χ2n) is 6.71. The molecule has 0 radical (unpaired) electrons. The molecule has 2 heterocycles. The Morgan fingerprint density at radius 3 is 2.11 bits per heavy atom. The van der Waals surface area contributed by atoms with Gasteiger partial charge in [-0.2, -0.15) is 0 Å². The molecule has 4 rings (SSSR count). The number of fused-ring (bicyclic) bond motifs is 2. The van der Waals surface area contributed by atoms with Crippen LogP contribution in [0.5, 0.6) is 0 Å². The largest absolute Gasteiger partial charge is 0.464 e. The number of hydrogen-bond acceptors (Lipinski definition) is 3. The van der Waals surface area contributed by atoms with Crippen molar-refractivity contribution in [2.45, 2.75) is 20.0 Å². The average Bonchev–Trinajstić information content (AvgIpc) is 3.09. The van der Waals surface area contributed by atoms with Gasteiger partial charge < -0.3 is 13.9 Å². The molecule has 0 aliphatic heterocycles. The number of furan rings is 1. The highest BCUT2D eigenvalue weighted by Crippen LogP contribution is 2.19. The Kier molecular flexibility index (Phi) is 4.28. The first kappa shape index (κ1) is 17.1. The zero-order chi connectivity index (χ0) is 19.0. The molecular weight excluding hydrogens is 340 g/mol. The third-order valence-electron chi connectivity index (χ3n) is 4.79. The van der Waals surface area contributed by atoms with Crippen LogP contribution in [0.25, 0.3) is 21.8 Å². The molecule has 0 bridgehead atoms. The molecule has 5 nitrogen and oxygen atoms in total. The van der Waals surface area contributed by atoms with Crippen molar-refractivity contribution in [3.8, 4) is 0 Å². The van der Waals surface area contributed by atoms with Gasteiger partial charge in [-0.25, -0.2) is 0 Å². The molecule has 4 aromatic rings. The van der Waals surface area contributed by atoms with Crippen LogP contribution >= 0.6 is 0 Å². The maximum Gasteiger partial charge on any atom is 0.242 e. The highest BCUT2D eigenvalue weighted by atomic mass is 16.3. The molecule has 0 saturated heterocycles. The zero-order valence-corrected chi connectivity index (χ0v) is 15.3. The number of aryl methyl sites for hydroxylation is 1. The van der Waals surface area contributed by atoms with Crippen LogP contribution in [0.1, 0.15) is 11.5 Å². The Balaban J connectivity index is 1.75. The summed E-state index contributed by atoms with van der Waals surface area (Å²) in [5.41, 5.74) is 1.51. The Hall–Kier alpha value is -3.34. The number of carbonyl (C=O) groups is 1. The summed E-state index contributed by atoms with van der Waals surface area (Å²) in [7, 11) is 1.76. The summed E-state index contributed by atoms with van der Waals surface area (Å²) in [4.78, 5) is 27.3. The van der Waals surface area contributed by atoms with Crippen molar-refractivity contribution in [3.05, 3.63) is 82.4 Å². The molecule has 27 heavy (non-hydrogen) atoms. The van der Waals surface area contributed by atoms with Gasteiger partial charge in [0.05, 0.1) is 17.6 Å². The van der Waals surface area contributed by atoms with Crippen LogP contribution in [0.15, 0.2) is 69.9 Å². The van der Waals surface area contributed by atoms with E-state index in [1.54, 1.807) is 24.1 Å². The lowest BCUT2D eigenvalue weighted by atomic mass is 10.1. The van der Waals surface area contributed by atoms with Crippen molar-refractivity contribution in [2.24, 2.45) is 0 Å². The molecule has 5 heteroatoms. The third-order valence-corrected chi connectivity index (χ3v) is 4.79. The molecule has 0 aliphatic carbocycles. The minimum atomic E-state index is -0.0528. The number of amides is 1. The monoisotopic (exact) mass is 360 g/mol. The average molecular weight is 360 g/mol. The molecular formula is C22H20N2O3. The molecule has 136 valence electrons. The molecule has 0 aliphatic rings. The van der Waals surface area contributed by atoms with E-state index >= 15 is 0 Å². The Bertz CT molecular complexity index is 1140. The van der Waals surface area contributed by atoms with Crippen molar-refractivity contribution >= 4 is 27.7 Å². The second-order valence-corrected chi connectivity index (χ2v) is 6.71. The number of aromatic nitrogens is 1. The standard InChI is InChI=1S/C22H20N2O3/c1-15-11-12-16(27-15)13-23(2)21(25)14-24-19-9-5-3-7-17(19)22(26)18-8-4-6-10-20(18)24/h3-12H,13-14H2,1-2H3. The fourth-order valence-corrected chi connectivity index (χ4v) is 3.40. The van der Waals surface area contributed by atoms with Gasteiger partial charge >= 0.3 is 0 Å². The Labute approximate surface area is 156 Å². The quantitative estimate of drug-likeness (QED) is 0.521. The first-order chi connectivity index (χ1) is 13.0. The highest BCUT2D eigenvalue weighted by molar-refractivity contribution is 5.94. The van der Waals surface area contributed by atoms with E-state index in [0.29, 0.717) is 17.3 Å². The van der Waals surface area contributed by atoms with E-state index in [0.717, 1.165) is 22.6 Å². The third kappa shape index (κ3) is 3.12. The summed E-state index contributed by atoms with van der Waals surface area (Å²) >= 11 is 0. The second kappa shape index (κ2) is 6.76. The van der Waals surface area contributed by atoms with E-state index in [1.165, 1.54) is 0 Å². The summed E-state index contributed by atoms with van der Waals surface area (Å²) in [5, 5.41) is 1.24. The zero-order valence-electron chi connectivity index (χ0n) is 15.3. The lowest BCUT2D eigenvalue weighted by molar-refractivity contribution is -0.131. The number of pyridine rings is 1. The van der Waals surface area contributed by atoms with E-state index in [-0.39, 0.29) is 17.9 Å². The van der Waals surface area contributed by atoms with Crippen LogP contribution in [-0.2, 0) is 17.9 Å². The fourth-order valence-electron chi connectivity index (χ4n) is 3.40. The lowest BCUT2D eigenvalue weighted by Gasteiger charge is -2.19. The minimum Gasteiger partial charge on any atom is -0.464 e. The molecule has 0 unspecified atom stereocenters. The van der Waals surface area contributed by atoms with Crippen molar-refractivity contribution in [1.29, 1.82) is 0 Å². The summed E-state index contributed by atoms with van der Waals surface area (Å²) in [6, 6.07) is 18.6. The van der Waals surface area contributed by atoms with Gasteiger partial charge in [0, 0.05) is 17.8 Å². The summed E-state index contributed by atoms with van der Waals surface area (Å²) in [6.45, 7) is 2.43. The SMILES string of the molecule is Cc1ccc(CN(C)C(=O)Cn2c3ccccc3c(=O)c3ccccc32)o1. The fraction of sp³-hybridized carbons (Fsp3) is 0.182. The van der Waals surface area contributed by atoms with Crippen LogP contribution in [0.4, 0.5) is 0 Å². The van der Waals surface area contributed by atoms with Crippen LogP contribution in [-0.4, -0.2) is 22.4 Å². The predicted octanol–water partition coefficient (Wildman–Crippen LogP) is 3.71. The summed E-state index contributed by atoms with van der Waals surface area (Å²) < 4.78 is 7.48. The van der Waals surface area contributed by atoms with E-state index in [1.807, 2.05) is 60.0 Å². The van der Waals surface area contributed by atoms with Crippen molar-refractivity contribution in [1.82, 2.24) is 9.47 Å². The maximum atomic E-state index is 12.9. The smallest absolute Gasteiger partial charge is 0.242 e. The van der Waals surface area contributed by atoms with Gasteiger partial charge in [0.25, 0.3) is 0 Å². The van der Waals surface area contributed by atoms with Crippen molar-refractivity contribution < 1.29 is 9.21 Å². The van der Waals surface area contributed by atoms with E-state index < -0.39 is 0 Å². The number of nitrogens with zero attached hydrogens (tertiary/aromatic N) is 2. The molecule has 1 amide bonds. The number of rotatable bonds is 4. The molecule has 2 aromatic carbocycles. The highest BCUT2D eigenvalue weighted by Gasteiger charge is 2.16. The Morgan fingerprint density at radius 2 is 1.56 bits per heavy atom. The minimum absolute atomic E-state index is 0.00989. The van der Waals surface area contributed by atoms with Gasteiger partial charge in [0.2, 0.25) is 5.91 Å². The van der Waals surface area contributed by atoms with E-state index in [2.05, 4.69) is 0 Å². The van der Waals surface area contributed by atoms with Crippen LogP contribution in [0, 0.1) is 6.92 Å². The first-order valence-electron chi connectivity index (χ1n) is 8.84. The number of benzene rings is 2. The lowest BCUT2D eigenvalue weighted by Crippen LogP contribution is -2.30. The van der Waals surface area contributed by atoms with Crippen LogP contribution in [0.3, 0.4) is 0 Å². The van der Waals surface area contributed by atoms with Crippen LogP contribution < -0.4 is 5.43 Å². The summed E-state index contributed by atoms with van der Waals surface area (Å²) in [6.07, 6.45) is 0. The Morgan fingerprint density at radius 1 is 0.963 bits per heavy atom. The molecule has 2 aromatic heterocycles.